The Morgan fingerprint density at radius 1 is 1.07 bits per heavy atom. The minimum atomic E-state index is -0.576. The Morgan fingerprint density at radius 3 is 2.48 bits per heavy atom. The lowest BCUT2D eigenvalue weighted by Crippen LogP contribution is -2.46. The molecule has 2 aliphatic rings. The monoisotopic (exact) mass is 544 g/mol. The van der Waals surface area contributed by atoms with Gasteiger partial charge in [0.05, 0.1) is 38.1 Å². The quantitative estimate of drug-likeness (QED) is 0.458. The molecule has 3 amide bonds. The summed E-state index contributed by atoms with van der Waals surface area (Å²) in [4.78, 5) is 43.1. The second kappa shape index (κ2) is 11.9. The third-order valence-corrected chi connectivity index (χ3v) is 6.78. The molecule has 1 aromatic heterocycles. The van der Waals surface area contributed by atoms with Gasteiger partial charge in [-0.2, -0.15) is 5.10 Å². The molecule has 5 rings (SSSR count). The van der Waals surface area contributed by atoms with Crippen molar-refractivity contribution in [1.82, 2.24) is 20.2 Å². The molecule has 206 valence electrons. The van der Waals surface area contributed by atoms with Crippen LogP contribution < -0.4 is 10.2 Å². The lowest BCUT2D eigenvalue weighted by atomic mass is 10.0. The van der Waals surface area contributed by atoms with Crippen LogP contribution in [0.1, 0.15) is 22.8 Å². The van der Waals surface area contributed by atoms with E-state index in [0.717, 1.165) is 5.56 Å². The highest BCUT2D eigenvalue weighted by Gasteiger charge is 2.32. The van der Waals surface area contributed by atoms with Crippen LogP contribution in [0.3, 0.4) is 0 Å². The van der Waals surface area contributed by atoms with Gasteiger partial charge in [-0.3, -0.25) is 24.5 Å². The van der Waals surface area contributed by atoms with Crippen LogP contribution in [0.2, 0.25) is 0 Å². The highest BCUT2D eigenvalue weighted by Crippen LogP contribution is 2.29. The Labute approximate surface area is 231 Å². The molecule has 40 heavy (non-hydrogen) atoms. The standard InChI is InChI=1S/C29H29FN6O4/c1-20(37)32-18-25-19-36(29(39)40-25)24-6-7-26(27(30)16-24)22-4-2-21(3-5-22)17-33-35-14-12-34(13-15-35)28(38)23-8-10-31-11-9-23/h2-11,16-17,25H,12-15,18-19H2,1H3,(H,32,37)/b33-17+/t25-/m0/s1. The zero-order valence-corrected chi connectivity index (χ0v) is 22.0. The number of rotatable bonds is 7. The molecule has 2 aliphatic heterocycles. The van der Waals surface area contributed by atoms with E-state index in [0.29, 0.717) is 48.6 Å². The number of cyclic esters (lactones) is 1. The van der Waals surface area contributed by atoms with Gasteiger partial charge < -0.3 is 15.0 Å². The van der Waals surface area contributed by atoms with Crippen molar-refractivity contribution in [1.29, 1.82) is 0 Å². The van der Waals surface area contributed by atoms with Crippen molar-refractivity contribution in [2.75, 3.05) is 44.2 Å². The normalized spacial score (nSPS) is 17.3. The van der Waals surface area contributed by atoms with E-state index in [-0.39, 0.29) is 24.9 Å². The van der Waals surface area contributed by atoms with Crippen LogP contribution in [0.25, 0.3) is 11.1 Å². The number of pyridine rings is 1. The molecule has 3 aromatic rings. The van der Waals surface area contributed by atoms with Crippen LogP contribution in [-0.4, -0.2) is 84.4 Å². The molecule has 3 heterocycles. The molecule has 0 spiro atoms. The number of anilines is 1. The first-order valence-corrected chi connectivity index (χ1v) is 13.0. The van der Waals surface area contributed by atoms with Gasteiger partial charge in [0.2, 0.25) is 5.91 Å². The van der Waals surface area contributed by atoms with E-state index in [1.54, 1.807) is 42.9 Å². The van der Waals surface area contributed by atoms with Crippen LogP contribution >= 0.6 is 0 Å². The minimum Gasteiger partial charge on any atom is -0.442 e. The maximum atomic E-state index is 15.1. The molecular formula is C29H29FN6O4. The molecule has 10 nitrogen and oxygen atoms in total. The van der Waals surface area contributed by atoms with E-state index in [1.807, 2.05) is 34.2 Å². The number of hydrazone groups is 1. The predicted octanol–water partition coefficient (Wildman–Crippen LogP) is 3.14. The zero-order chi connectivity index (χ0) is 28.1. The Kier molecular flexibility index (Phi) is 7.99. The van der Waals surface area contributed by atoms with Gasteiger partial charge in [-0.05, 0) is 41.5 Å². The summed E-state index contributed by atoms with van der Waals surface area (Å²) in [7, 11) is 0. The number of hydrogen-bond donors (Lipinski definition) is 1. The smallest absolute Gasteiger partial charge is 0.414 e. The van der Waals surface area contributed by atoms with E-state index in [9.17, 15) is 14.4 Å². The fourth-order valence-corrected chi connectivity index (χ4v) is 4.59. The Morgan fingerprint density at radius 2 is 1.80 bits per heavy atom. The Balaban J connectivity index is 1.16. The van der Waals surface area contributed by atoms with Crippen LogP contribution in [-0.2, 0) is 9.53 Å². The van der Waals surface area contributed by atoms with E-state index < -0.39 is 18.0 Å². The molecule has 0 saturated carbocycles. The van der Waals surface area contributed by atoms with Crippen molar-refractivity contribution in [3.63, 3.8) is 0 Å². The third kappa shape index (κ3) is 6.25. The van der Waals surface area contributed by atoms with Crippen molar-refractivity contribution in [2.24, 2.45) is 5.10 Å². The summed E-state index contributed by atoms with van der Waals surface area (Å²) >= 11 is 0. The van der Waals surface area contributed by atoms with E-state index in [2.05, 4.69) is 15.4 Å². The zero-order valence-electron chi connectivity index (χ0n) is 22.0. The topological polar surface area (TPSA) is 107 Å². The number of nitrogens with zero attached hydrogens (tertiary/aromatic N) is 5. The highest BCUT2D eigenvalue weighted by atomic mass is 19.1. The fraction of sp³-hybridized carbons (Fsp3) is 0.276. The summed E-state index contributed by atoms with van der Waals surface area (Å²) in [6.45, 7) is 4.23. The Bertz CT molecular complexity index is 1410. The average Bonchev–Trinajstić information content (AvgIpc) is 3.36. The van der Waals surface area contributed by atoms with E-state index in [4.69, 9.17) is 4.74 Å². The molecule has 2 aromatic carbocycles. The van der Waals surface area contributed by atoms with Crippen LogP contribution in [0.5, 0.6) is 0 Å². The number of benzene rings is 2. The SMILES string of the molecule is CC(=O)NC[C@H]1CN(c2ccc(-c3ccc(/C=N/N4CCN(C(=O)c5ccncc5)CC4)cc3)c(F)c2)C(=O)O1. The number of carbonyl (C=O) groups is 3. The lowest BCUT2D eigenvalue weighted by molar-refractivity contribution is -0.119. The van der Waals surface area contributed by atoms with Gasteiger partial charge in [-0.1, -0.05) is 24.3 Å². The van der Waals surface area contributed by atoms with Gasteiger partial charge in [-0.25, -0.2) is 9.18 Å². The average molecular weight is 545 g/mol. The predicted molar refractivity (Wildman–Crippen MR) is 147 cm³/mol. The minimum absolute atomic E-state index is 0.00611. The van der Waals surface area contributed by atoms with Gasteiger partial charge in [-0.15, -0.1) is 0 Å². The summed E-state index contributed by atoms with van der Waals surface area (Å²) in [6, 6.07) is 15.4. The molecule has 0 aliphatic carbocycles. The number of aromatic nitrogens is 1. The molecule has 2 fully saturated rings. The number of halogens is 1. The van der Waals surface area contributed by atoms with Gasteiger partial charge in [0.25, 0.3) is 5.91 Å². The second-order valence-corrected chi connectivity index (χ2v) is 9.57. The molecule has 0 unspecified atom stereocenters. The molecular weight excluding hydrogens is 515 g/mol. The number of amides is 3. The van der Waals surface area contributed by atoms with E-state index >= 15 is 4.39 Å². The second-order valence-electron chi connectivity index (χ2n) is 9.57. The van der Waals surface area contributed by atoms with Crippen molar-refractivity contribution in [3.05, 3.63) is 83.9 Å². The van der Waals surface area contributed by atoms with Gasteiger partial charge in [0.15, 0.2) is 0 Å². The number of ether oxygens (including phenoxy) is 1. The first kappa shape index (κ1) is 26.8. The molecule has 2 saturated heterocycles. The van der Waals surface area contributed by atoms with Crippen LogP contribution in [0.15, 0.2) is 72.1 Å². The molecule has 1 atom stereocenters. The first-order chi connectivity index (χ1) is 19.4. The number of piperazine rings is 1. The van der Waals surface area contributed by atoms with Crippen molar-refractivity contribution < 1.29 is 23.5 Å². The molecule has 0 radical (unpaired) electrons. The summed E-state index contributed by atoms with van der Waals surface area (Å²) in [5.74, 6) is -0.680. The number of hydrogen-bond acceptors (Lipinski definition) is 7. The van der Waals surface area contributed by atoms with E-state index in [1.165, 1.54) is 17.9 Å². The molecule has 0 bridgehead atoms. The van der Waals surface area contributed by atoms with Gasteiger partial charge in [0.1, 0.15) is 11.9 Å². The maximum absolute atomic E-state index is 15.1. The number of carbonyl (C=O) groups excluding carboxylic acids is 3. The van der Waals surface area contributed by atoms with Crippen LogP contribution in [0, 0.1) is 5.82 Å². The largest absolute Gasteiger partial charge is 0.442 e. The first-order valence-electron chi connectivity index (χ1n) is 13.0. The lowest BCUT2D eigenvalue weighted by Gasteiger charge is -2.33. The Hall–Kier alpha value is -4.80. The summed E-state index contributed by atoms with van der Waals surface area (Å²) in [5.41, 5.74) is 2.98. The van der Waals surface area contributed by atoms with Crippen LogP contribution in [0.4, 0.5) is 14.9 Å². The third-order valence-electron chi connectivity index (χ3n) is 6.78. The van der Waals surface area contributed by atoms with Gasteiger partial charge in [0, 0.05) is 43.5 Å². The summed E-state index contributed by atoms with van der Waals surface area (Å²) < 4.78 is 20.3. The van der Waals surface area contributed by atoms with Crippen molar-refractivity contribution in [2.45, 2.75) is 13.0 Å². The van der Waals surface area contributed by atoms with Crippen molar-refractivity contribution in [3.8, 4) is 11.1 Å². The number of nitrogens with one attached hydrogen (secondary N) is 1. The van der Waals surface area contributed by atoms with Crippen molar-refractivity contribution >= 4 is 29.8 Å². The summed E-state index contributed by atoms with van der Waals surface area (Å²) in [5, 5.41) is 9.09. The summed E-state index contributed by atoms with van der Waals surface area (Å²) in [6.07, 6.45) is 3.91. The molecule has 1 N–H and O–H groups in total. The highest BCUT2D eigenvalue weighted by molar-refractivity contribution is 5.94. The fourth-order valence-electron chi connectivity index (χ4n) is 4.59. The molecule has 11 heteroatoms. The van der Waals surface area contributed by atoms with Gasteiger partial charge >= 0.3 is 6.09 Å². The maximum Gasteiger partial charge on any atom is 0.414 e.